The van der Waals surface area contributed by atoms with Crippen LogP contribution in [0.5, 0.6) is 0 Å². The van der Waals surface area contributed by atoms with Gasteiger partial charge in [-0.2, -0.15) is 0 Å². The molecule has 18 heavy (non-hydrogen) atoms. The van der Waals surface area contributed by atoms with E-state index in [0.29, 0.717) is 11.8 Å². The van der Waals surface area contributed by atoms with Crippen molar-refractivity contribution in [3.05, 3.63) is 11.6 Å². The van der Waals surface area contributed by atoms with Crippen molar-refractivity contribution in [2.45, 2.75) is 64.8 Å². The van der Waals surface area contributed by atoms with E-state index < -0.39 is 0 Å². The van der Waals surface area contributed by atoms with Gasteiger partial charge in [-0.05, 0) is 31.7 Å². The van der Waals surface area contributed by atoms with E-state index in [0.717, 1.165) is 19.5 Å². The zero-order valence-electron chi connectivity index (χ0n) is 11.7. The minimum atomic E-state index is 0.581. The molecule has 1 aliphatic heterocycles. The maximum atomic E-state index is 5.82. The first-order chi connectivity index (χ1) is 8.80. The zero-order valence-corrected chi connectivity index (χ0v) is 11.7. The van der Waals surface area contributed by atoms with Gasteiger partial charge in [0.15, 0.2) is 0 Å². The lowest BCUT2D eigenvalue weighted by molar-refractivity contribution is 0.357. The van der Waals surface area contributed by atoms with Crippen molar-refractivity contribution in [3.63, 3.8) is 0 Å². The van der Waals surface area contributed by atoms with Gasteiger partial charge in [-0.1, -0.05) is 26.7 Å². The lowest BCUT2D eigenvalue weighted by Gasteiger charge is -2.25. The molecule has 4 heteroatoms. The van der Waals surface area contributed by atoms with Crippen LogP contribution < -0.4 is 5.73 Å². The molecule has 4 nitrogen and oxygen atoms in total. The number of hydrogen-bond donors (Lipinski definition) is 1. The number of aryl methyl sites for hydroxylation is 1. The summed E-state index contributed by atoms with van der Waals surface area (Å²) in [5.74, 6) is 3.58. The summed E-state index contributed by atoms with van der Waals surface area (Å²) in [6.45, 7) is 6.30. The van der Waals surface area contributed by atoms with E-state index in [-0.39, 0.29) is 0 Å². The summed E-state index contributed by atoms with van der Waals surface area (Å²) >= 11 is 0. The smallest absolute Gasteiger partial charge is 0.136 e. The van der Waals surface area contributed by atoms with Crippen molar-refractivity contribution in [2.75, 3.05) is 6.54 Å². The first kappa shape index (κ1) is 13.5. The molecule has 2 N–H and O–H groups in total. The quantitative estimate of drug-likeness (QED) is 0.844. The molecule has 0 radical (unpaired) electrons. The van der Waals surface area contributed by atoms with Gasteiger partial charge >= 0.3 is 0 Å². The molecule has 0 bridgehead atoms. The van der Waals surface area contributed by atoms with Crippen LogP contribution in [0.2, 0.25) is 0 Å². The van der Waals surface area contributed by atoms with E-state index >= 15 is 0 Å². The topological polar surface area (TPSA) is 56.7 Å². The van der Waals surface area contributed by atoms with Crippen LogP contribution >= 0.6 is 0 Å². The zero-order chi connectivity index (χ0) is 13.0. The molecule has 0 saturated carbocycles. The van der Waals surface area contributed by atoms with Crippen molar-refractivity contribution in [1.82, 2.24) is 14.8 Å². The summed E-state index contributed by atoms with van der Waals surface area (Å²) in [5.41, 5.74) is 5.82. The van der Waals surface area contributed by atoms with Crippen LogP contribution in [0.15, 0.2) is 0 Å². The van der Waals surface area contributed by atoms with Crippen molar-refractivity contribution in [2.24, 2.45) is 11.7 Å². The predicted octanol–water partition coefficient (Wildman–Crippen LogP) is 2.48. The van der Waals surface area contributed by atoms with E-state index in [1.54, 1.807) is 0 Å². The molecule has 102 valence electrons. The van der Waals surface area contributed by atoms with Crippen LogP contribution in [0.25, 0.3) is 0 Å². The highest BCUT2D eigenvalue weighted by molar-refractivity contribution is 5.05. The summed E-state index contributed by atoms with van der Waals surface area (Å²) < 4.78 is 2.36. The van der Waals surface area contributed by atoms with Gasteiger partial charge in [-0.3, -0.25) is 0 Å². The van der Waals surface area contributed by atoms with Crippen LogP contribution in [0, 0.1) is 5.92 Å². The Labute approximate surface area is 110 Å². The monoisotopic (exact) mass is 250 g/mol. The normalized spacial score (nSPS) is 19.2. The maximum absolute atomic E-state index is 5.82. The van der Waals surface area contributed by atoms with Gasteiger partial charge in [0.25, 0.3) is 0 Å². The Kier molecular flexibility index (Phi) is 4.75. The number of fused-ring (bicyclic) bond motifs is 1. The van der Waals surface area contributed by atoms with Crippen molar-refractivity contribution in [3.8, 4) is 0 Å². The maximum Gasteiger partial charge on any atom is 0.136 e. The summed E-state index contributed by atoms with van der Waals surface area (Å²) in [7, 11) is 0. The standard InChI is InChI=1S/C14H26N4/c1-3-5-12(6-4-2)14-17-16-13-8-7-11(9-15)10-18(13)14/h11-12H,3-10,15H2,1-2H3. The third kappa shape index (κ3) is 2.74. The lowest BCUT2D eigenvalue weighted by Crippen LogP contribution is -2.28. The minimum Gasteiger partial charge on any atom is -0.330 e. The average Bonchev–Trinajstić information content (AvgIpc) is 2.81. The SMILES string of the molecule is CCCC(CCC)c1nnc2n1CC(CN)CC2. The highest BCUT2D eigenvalue weighted by Gasteiger charge is 2.25. The number of rotatable bonds is 6. The Morgan fingerprint density at radius 2 is 2.00 bits per heavy atom. The first-order valence-corrected chi connectivity index (χ1v) is 7.42. The van der Waals surface area contributed by atoms with E-state index in [4.69, 9.17) is 5.73 Å². The molecule has 0 aliphatic carbocycles. The highest BCUT2D eigenvalue weighted by Crippen LogP contribution is 2.28. The van der Waals surface area contributed by atoms with Crippen LogP contribution in [-0.2, 0) is 13.0 Å². The Bertz CT molecular complexity index is 366. The van der Waals surface area contributed by atoms with Crippen LogP contribution in [0.1, 0.15) is 63.5 Å². The molecule has 1 atom stereocenters. The summed E-state index contributed by atoms with van der Waals surface area (Å²) in [5, 5.41) is 8.86. The van der Waals surface area contributed by atoms with Gasteiger partial charge in [0, 0.05) is 18.9 Å². The Morgan fingerprint density at radius 3 is 2.61 bits per heavy atom. The third-order valence-corrected chi connectivity index (χ3v) is 4.05. The molecule has 1 unspecified atom stereocenters. The van der Waals surface area contributed by atoms with Crippen LogP contribution in [0.3, 0.4) is 0 Å². The van der Waals surface area contributed by atoms with E-state index in [2.05, 4.69) is 28.6 Å². The molecule has 0 amide bonds. The fourth-order valence-corrected chi connectivity index (χ4v) is 3.01. The van der Waals surface area contributed by atoms with E-state index in [1.165, 1.54) is 43.8 Å². The minimum absolute atomic E-state index is 0.581. The molecule has 2 heterocycles. The second-order valence-electron chi connectivity index (χ2n) is 5.50. The average molecular weight is 250 g/mol. The molecule has 1 aliphatic rings. The van der Waals surface area contributed by atoms with E-state index in [9.17, 15) is 0 Å². The summed E-state index contributed by atoms with van der Waals surface area (Å²) in [6, 6.07) is 0. The highest BCUT2D eigenvalue weighted by atomic mass is 15.3. The summed E-state index contributed by atoms with van der Waals surface area (Å²) in [6.07, 6.45) is 7.08. The molecule has 0 fully saturated rings. The van der Waals surface area contributed by atoms with Gasteiger partial charge in [0.1, 0.15) is 11.6 Å². The van der Waals surface area contributed by atoms with Crippen molar-refractivity contribution < 1.29 is 0 Å². The van der Waals surface area contributed by atoms with Gasteiger partial charge in [-0.15, -0.1) is 10.2 Å². The number of hydrogen-bond acceptors (Lipinski definition) is 3. The molecular weight excluding hydrogens is 224 g/mol. The molecule has 2 rings (SSSR count). The third-order valence-electron chi connectivity index (χ3n) is 4.05. The molecule has 0 saturated heterocycles. The lowest BCUT2D eigenvalue weighted by atomic mass is 9.95. The fraction of sp³-hybridized carbons (Fsp3) is 0.857. The second-order valence-corrected chi connectivity index (χ2v) is 5.50. The molecule has 1 aromatic rings. The van der Waals surface area contributed by atoms with Crippen molar-refractivity contribution in [1.29, 1.82) is 0 Å². The number of aromatic nitrogens is 3. The van der Waals surface area contributed by atoms with E-state index in [1.807, 2.05) is 0 Å². The Balaban J connectivity index is 2.20. The molecular formula is C14H26N4. The predicted molar refractivity (Wildman–Crippen MR) is 73.4 cm³/mol. The van der Waals surface area contributed by atoms with Crippen LogP contribution in [-0.4, -0.2) is 21.3 Å². The molecule has 1 aromatic heterocycles. The van der Waals surface area contributed by atoms with Gasteiger partial charge in [-0.25, -0.2) is 0 Å². The Hall–Kier alpha value is -0.900. The molecule has 0 spiro atoms. The second kappa shape index (κ2) is 6.32. The first-order valence-electron chi connectivity index (χ1n) is 7.42. The molecule has 0 aromatic carbocycles. The van der Waals surface area contributed by atoms with Gasteiger partial charge < -0.3 is 10.3 Å². The summed E-state index contributed by atoms with van der Waals surface area (Å²) in [4.78, 5) is 0. The number of nitrogens with zero attached hydrogens (tertiary/aromatic N) is 3. The van der Waals surface area contributed by atoms with Crippen LogP contribution in [0.4, 0.5) is 0 Å². The van der Waals surface area contributed by atoms with Gasteiger partial charge in [0.05, 0.1) is 0 Å². The van der Waals surface area contributed by atoms with Gasteiger partial charge in [0.2, 0.25) is 0 Å². The van der Waals surface area contributed by atoms with Crippen molar-refractivity contribution >= 4 is 0 Å². The largest absolute Gasteiger partial charge is 0.330 e. The Morgan fingerprint density at radius 1 is 1.28 bits per heavy atom. The fourth-order valence-electron chi connectivity index (χ4n) is 3.01. The number of nitrogens with two attached hydrogens (primary N) is 1.